The SMILES string of the molecule is Cc1cccc(-c2ccccc2-c2cc(-c3ccccc3-c3cccc(C)c3)c(-c3ccccc3-c3cccc(C)c3)cc2-c2ccccc2-c2cccc(C)c2)c1. The van der Waals surface area contributed by atoms with E-state index in [9.17, 15) is 0 Å². The van der Waals surface area contributed by atoms with E-state index in [-0.39, 0.29) is 0 Å². The Morgan fingerprint density at radius 2 is 0.379 bits per heavy atom. The average Bonchev–Trinajstić information content (AvgIpc) is 3.26. The molecule has 9 aromatic carbocycles. The summed E-state index contributed by atoms with van der Waals surface area (Å²) in [5.74, 6) is 0. The van der Waals surface area contributed by atoms with Gasteiger partial charge < -0.3 is 0 Å². The van der Waals surface area contributed by atoms with Crippen LogP contribution in [0.15, 0.2) is 206 Å². The highest BCUT2D eigenvalue weighted by molar-refractivity contribution is 6.04. The van der Waals surface area contributed by atoms with Crippen LogP contribution in [0.25, 0.3) is 89.0 Å². The maximum Gasteiger partial charge on any atom is -0.00923 e. The number of hydrogen-bond donors (Lipinski definition) is 0. The highest BCUT2D eigenvalue weighted by atomic mass is 14.3. The molecule has 0 nitrogen and oxygen atoms in total. The van der Waals surface area contributed by atoms with E-state index < -0.39 is 0 Å². The number of aryl methyl sites for hydroxylation is 4. The summed E-state index contributed by atoms with van der Waals surface area (Å²) in [6.07, 6.45) is 0. The van der Waals surface area contributed by atoms with Crippen LogP contribution in [0, 0.1) is 27.7 Å². The second-order valence-corrected chi connectivity index (χ2v) is 15.6. The third-order valence-electron chi connectivity index (χ3n) is 11.3. The molecule has 9 rings (SSSR count). The molecule has 0 bridgehead atoms. The van der Waals surface area contributed by atoms with Gasteiger partial charge in [-0.3, -0.25) is 0 Å². The molecule has 58 heavy (non-hydrogen) atoms. The van der Waals surface area contributed by atoms with Gasteiger partial charge in [0.15, 0.2) is 0 Å². The van der Waals surface area contributed by atoms with Gasteiger partial charge in [0.2, 0.25) is 0 Å². The van der Waals surface area contributed by atoms with Gasteiger partial charge in [0.05, 0.1) is 0 Å². The van der Waals surface area contributed by atoms with Crippen LogP contribution in [0.3, 0.4) is 0 Å². The molecular formula is C58H46. The second-order valence-electron chi connectivity index (χ2n) is 15.6. The zero-order valence-corrected chi connectivity index (χ0v) is 33.6. The molecule has 0 fully saturated rings. The Morgan fingerprint density at radius 1 is 0.172 bits per heavy atom. The molecule has 0 radical (unpaired) electrons. The van der Waals surface area contributed by atoms with Gasteiger partial charge in [0.25, 0.3) is 0 Å². The Bertz CT molecular complexity index is 2540. The largest absolute Gasteiger partial charge is 0.0616 e. The molecule has 0 heteroatoms. The molecule has 0 spiro atoms. The monoisotopic (exact) mass is 742 g/mol. The first-order valence-electron chi connectivity index (χ1n) is 20.2. The summed E-state index contributed by atoms with van der Waals surface area (Å²) in [6.45, 7) is 8.71. The van der Waals surface area contributed by atoms with Crippen molar-refractivity contribution >= 4 is 0 Å². The van der Waals surface area contributed by atoms with Crippen LogP contribution in [0.4, 0.5) is 0 Å². The zero-order valence-electron chi connectivity index (χ0n) is 33.6. The van der Waals surface area contributed by atoms with Gasteiger partial charge in [0, 0.05) is 0 Å². The minimum atomic E-state index is 1.20. The van der Waals surface area contributed by atoms with Crippen LogP contribution in [-0.4, -0.2) is 0 Å². The fourth-order valence-corrected chi connectivity index (χ4v) is 8.62. The Hall–Kier alpha value is -7.02. The van der Waals surface area contributed by atoms with E-state index in [1.165, 1.54) is 111 Å². The third-order valence-corrected chi connectivity index (χ3v) is 11.3. The van der Waals surface area contributed by atoms with E-state index in [0.29, 0.717) is 0 Å². The van der Waals surface area contributed by atoms with Crippen molar-refractivity contribution in [3.63, 3.8) is 0 Å². The quantitative estimate of drug-likeness (QED) is 0.145. The molecule has 0 saturated heterocycles. The molecule has 0 aliphatic heterocycles. The van der Waals surface area contributed by atoms with E-state index in [2.05, 4.69) is 234 Å². The van der Waals surface area contributed by atoms with E-state index in [1.807, 2.05) is 0 Å². The maximum absolute atomic E-state index is 2.49. The number of hydrogen-bond acceptors (Lipinski definition) is 0. The Kier molecular flexibility index (Phi) is 10.0. The van der Waals surface area contributed by atoms with E-state index in [0.717, 1.165) is 0 Å². The standard InChI is InChI=1S/C58H46/c1-39-17-13-21-43(33-39)47-25-5-9-29-51(47)55-37-57(53-31-11-7-27-49(53)45-23-15-19-41(3)35-45)58(54-32-12-8-28-50(54)46-24-16-20-42(4)36-46)38-56(55)52-30-10-6-26-48(52)44-22-14-18-40(2)34-44/h5-38H,1-4H3. The third kappa shape index (κ3) is 7.22. The molecule has 278 valence electrons. The van der Waals surface area contributed by atoms with Crippen LogP contribution < -0.4 is 0 Å². The lowest BCUT2D eigenvalue weighted by Gasteiger charge is -2.24. The molecule has 0 aliphatic rings. The normalized spacial score (nSPS) is 11.1. The van der Waals surface area contributed by atoms with Crippen LogP contribution in [-0.2, 0) is 0 Å². The van der Waals surface area contributed by atoms with E-state index in [1.54, 1.807) is 0 Å². The fourth-order valence-electron chi connectivity index (χ4n) is 8.62. The number of rotatable bonds is 8. The molecule has 0 aliphatic carbocycles. The molecule has 0 saturated carbocycles. The van der Waals surface area contributed by atoms with Gasteiger partial charge in [0.1, 0.15) is 0 Å². The summed E-state index contributed by atoms with van der Waals surface area (Å²) < 4.78 is 0. The molecule has 0 N–H and O–H groups in total. The summed E-state index contributed by atoms with van der Waals surface area (Å²) >= 11 is 0. The second kappa shape index (κ2) is 15.8. The summed E-state index contributed by atoms with van der Waals surface area (Å²) in [7, 11) is 0. The van der Waals surface area contributed by atoms with Gasteiger partial charge in [-0.25, -0.2) is 0 Å². The van der Waals surface area contributed by atoms with Crippen LogP contribution in [0.1, 0.15) is 22.3 Å². The maximum atomic E-state index is 2.49. The van der Waals surface area contributed by atoms with Gasteiger partial charge in [-0.15, -0.1) is 0 Å². The highest BCUT2D eigenvalue weighted by Crippen LogP contribution is 2.49. The van der Waals surface area contributed by atoms with Crippen molar-refractivity contribution in [1.82, 2.24) is 0 Å². The number of benzene rings is 9. The van der Waals surface area contributed by atoms with Crippen molar-refractivity contribution in [2.45, 2.75) is 27.7 Å². The average molecular weight is 743 g/mol. The Labute approximate surface area is 343 Å². The summed E-state index contributed by atoms with van der Waals surface area (Å²) in [5, 5.41) is 0. The van der Waals surface area contributed by atoms with E-state index >= 15 is 0 Å². The summed E-state index contributed by atoms with van der Waals surface area (Å²) in [5.41, 5.74) is 24.3. The zero-order chi connectivity index (χ0) is 39.6. The van der Waals surface area contributed by atoms with Crippen LogP contribution in [0.5, 0.6) is 0 Å². The van der Waals surface area contributed by atoms with Crippen molar-refractivity contribution in [3.05, 3.63) is 229 Å². The van der Waals surface area contributed by atoms with Gasteiger partial charge >= 0.3 is 0 Å². The van der Waals surface area contributed by atoms with Crippen molar-refractivity contribution < 1.29 is 0 Å². The molecule has 0 aromatic heterocycles. The van der Waals surface area contributed by atoms with Gasteiger partial charge in [-0.05, 0) is 129 Å². The predicted molar refractivity (Wildman–Crippen MR) is 249 cm³/mol. The Balaban J connectivity index is 1.44. The molecular weight excluding hydrogens is 697 g/mol. The predicted octanol–water partition coefficient (Wildman–Crippen LogP) is 16.3. The van der Waals surface area contributed by atoms with Crippen molar-refractivity contribution in [3.8, 4) is 89.0 Å². The van der Waals surface area contributed by atoms with Gasteiger partial charge in [-0.1, -0.05) is 216 Å². The minimum Gasteiger partial charge on any atom is -0.0616 e. The Morgan fingerprint density at radius 3 is 0.586 bits per heavy atom. The van der Waals surface area contributed by atoms with Crippen molar-refractivity contribution in [2.24, 2.45) is 0 Å². The molecule has 9 aromatic rings. The lowest BCUT2D eigenvalue weighted by atomic mass is 9.80. The topological polar surface area (TPSA) is 0 Å². The highest BCUT2D eigenvalue weighted by Gasteiger charge is 2.23. The first-order valence-corrected chi connectivity index (χ1v) is 20.2. The fraction of sp³-hybridized carbons (Fsp3) is 0.0690. The van der Waals surface area contributed by atoms with Crippen molar-refractivity contribution in [1.29, 1.82) is 0 Å². The van der Waals surface area contributed by atoms with E-state index in [4.69, 9.17) is 0 Å². The summed E-state index contributed by atoms with van der Waals surface area (Å²) in [6, 6.07) is 76.3. The minimum absolute atomic E-state index is 1.20. The molecule has 0 unspecified atom stereocenters. The van der Waals surface area contributed by atoms with Crippen LogP contribution >= 0.6 is 0 Å². The first kappa shape index (κ1) is 36.6. The molecule has 0 amide bonds. The first-order chi connectivity index (χ1) is 28.4. The lowest BCUT2D eigenvalue weighted by Crippen LogP contribution is -1.97. The summed E-state index contributed by atoms with van der Waals surface area (Å²) in [4.78, 5) is 0. The van der Waals surface area contributed by atoms with Gasteiger partial charge in [-0.2, -0.15) is 0 Å². The lowest BCUT2D eigenvalue weighted by molar-refractivity contribution is 1.45. The smallest absolute Gasteiger partial charge is 0.00923 e. The molecule has 0 heterocycles. The molecule has 0 atom stereocenters. The van der Waals surface area contributed by atoms with Crippen molar-refractivity contribution in [2.75, 3.05) is 0 Å². The van der Waals surface area contributed by atoms with Crippen LogP contribution in [0.2, 0.25) is 0 Å².